The lowest BCUT2D eigenvalue weighted by molar-refractivity contribution is 0.141. The zero-order valence-corrected chi connectivity index (χ0v) is 9.28. The van der Waals surface area contributed by atoms with Crippen molar-refractivity contribution >= 4 is 11.6 Å². The molecule has 1 aromatic rings. The monoisotopic (exact) mass is 226 g/mol. The van der Waals surface area contributed by atoms with E-state index in [0.29, 0.717) is 16.9 Å². The molecule has 2 N–H and O–H groups in total. The summed E-state index contributed by atoms with van der Waals surface area (Å²) in [5.41, 5.74) is 5.82. The van der Waals surface area contributed by atoms with Crippen LogP contribution in [0.3, 0.4) is 0 Å². The second kappa shape index (κ2) is 4.81. The number of hydrogen-bond donors (Lipinski definition) is 1. The third kappa shape index (κ3) is 3.08. The van der Waals surface area contributed by atoms with Crippen LogP contribution in [-0.2, 0) is 0 Å². The molecule has 0 amide bonds. The fourth-order valence-electron chi connectivity index (χ4n) is 1.81. The van der Waals surface area contributed by atoms with Crippen LogP contribution in [-0.4, -0.2) is 17.1 Å². The third-order valence-electron chi connectivity index (χ3n) is 2.71. The Morgan fingerprint density at radius 1 is 1.27 bits per heavy atom. The van der Waals surface area contributed by atoms with Gasteiger partial charge in [-0.15, -0.1) is 0 Å². The molecule has 1 aliphatic rings. The van der Waals surface area contributed by atoms with Crippen LogP contribution < -0.4 is 10.5 Å². The van der Waals surface area contributed by atoms with E-state index in [4.69, 9.17) is 22.1 Å². The van der Waals surface area contributed by atoms with Crippen molar-refractivity contribution in [3.05, 3.63) is 23.4 Å². The molecule has 0 bridgehead atoms. The van der Waals surface area contributed by atoms with Gasteiger partial charge in [0.15, 0.2) is 0 Å². The molecular weight excluding hydrogens is 212 g/mol. The summed E-state index contributed by atoms with van der Waals surface area (Å²) < 4.78 is 5.73. The van der Waals surface area contributed by atoms with Gasteiger partial charge in [-0.1, -0.05) is 11.6 Å². The van der Waals surface area contributed by atoms with Gasteiger partial charge in [0, 0.05) is 18.3 Å². The van der Waals surface area contributed by atoms with Gasteiger partial charge in [0.25, 0.3) is 0 Å². The quantitative estimate of drug-likeness (QED) is 0.843. The van der Waals surface area contributed by atoms with Gasteiger partial charge in [-0.05, 0) is 31.7 Å². The number of aromatic nitrogens is 1. The highest BCUT2D eigenvalue weighted by Gasteiger charge is 2.19. The fraction of sp³-hybridized carbons (Fsp3) is 0.545. The van der Waals surface area contributed by atoms with Crippen molar-refractivity contribution in [3.63, 3.8) is 0 Å². The Balaban J connectivity index is 1.89. The molecule has 0 aliphatic heterocycles. The van der Waals surface area contributed by atoms with Gasteiger partial charge in [0.1, 0.15) is 6.10 Å². The molecule has 0 spiro atoms. The van der Waals surface area contributed by atoms with E-state index in [0.717, 1.165) is 25.7 Å². The minimum absolute atomic E-state index is 0.262. The summed E-state index contributed by atoms with van der Waals surface area (Å²) in [6, 6.07) is 3.94. The first-order chi connectivity index (χ1) is 7.24. The smallest absolute Gasteiger partial charge is 0.213 e. The predicted octanol–water partition coefficient (Wildman–Crippen LogP) is 2.38. The average Bonchev–Trinajstić information content (AvgIpc) is 2.25. The Morgan fingerprint density at radius 3 is 2.60 bits per heavy atom. The molecule has 0 aromatic carbocycles. The molecule has 1 fully saturated rings. The van der Waals surface area contributed by atoms with Crippen molar-refractivity contribution in [1.82, 2.24) is 4.98 Å². The molecule has 0 unspecified atom stereocenters. The minimum atomic E-state index is 0.262. The molecule has 1 aliphatic carbocycles. The van der Waals surface area contributed by atoms with Crippen LogP contribution in [0.15, 0.2) is 18.3 Å². The number of hydrogen-bond acceptors (Lipinski definition) is 3. The van der Waals surface area contributed by atoms with Crippen molar-refractivity contribution in [2.75, 3.05) is 0 Å². The second-order valence-corrected chi connectivity index (χ2v) is 4.41. The molecule has 0 radical (unpaired) electrons. The van der Waals surface area contributed by atoms with Crippen LogP contribution in [0.1, 0.15) is 25.7 Å². The number of ether oxygens (including phenoxy) is 1. The van der Waals surface area contributed by atoms with Crippen LogP contribution in [0.5, 0.6) is 5.88 Å². The molecule has 0 atom stereocenters. The van der Waals surface area contributed by atoms with Crippen LogP contribution in [0.4, 0.5) is 0 Å². The summed E-state index contributed by atoms with van der Waals surface area (Å²) in [5.74, 6) is 0.653. The largest absolute Gasteiger partial charge is 0.474 e. The van der Waals surface area contributed by atoms with E-state index in [1.54, 1.807) is 18.3 Å². The van der Waals surface area contributed by atoms with E-state index in [9.17, 15) is 0 Å². The molecule has 15 heavy (non-hydrogen) atoms. The van der Waals surface area contributed by atoms with Crippen LogP contribution >= 0.6 is 11.6 Å². The first-order valence-corrected chi connectivity index (χ1v) is 5.65. The van der Waals surface area contributed by atoms with Crippen LogP contribution in [0, 0.1) is 0 Å². The van der Waals surface area contributed by atoms with E-state index in [-0.39, 0.29) is 6.10 Å². The van der Waals surface area contributed by atoms with Crippen molar-refractivity contribution in [2.45, 2.75) is 37.8 Å². The number of rotatable bonds is 2. The topological polar surface area (TPSA) is 48.1 Å². The van der Waals surface area contributed by atoms with Gasteiger partial charge >= 0.3 is 0 Å². The van der Waals surface area contributed by atoms with E-state index in [1.165, 1.54) is 0 Å². The van der Waals surface area contributed by atoms with Gasteiger partial charge in [-0.25, -0.2) is 4.98 Å². The van der Waals surface area contributed by atoms with Gasteiger partial charge < -0.3 is 10.5 Å². The molecule has 1 aromatic heterocycles. The normalized spacial score (nSPS) is 26.3. The number of halogens is 1. The highest BCUT2D eigenvalue weighted by molar-refractivity contribution is 6.30. The van der Waals surface area contributed by atoms with Crippen LogP contribution in [0.25, 0.3) is 0 Å². The Labute approximate surface area is 94.6 Å². The maximum absolute atomic E-state index is 5.82. The lowest BCUT2D eigenvalue weighted by Crippen LogP contribution is -2.31. The Bertz CT molecular complexity index is 307. The van der Waals surface area contributed by atoms with Gasteiger partial charge in [-0.3, -0.25) is 0 Å². The average molecular weight is 227 g/mol. The van der Waals surface area contributed by atoms with Gasteiger partial charge in [-0.2, -0.15) is 0 Å². The third-order valence-corrected chi connectivity index (χ3v) is 2.93. The maximum atomic E-state index is 5.82. The van der Waals surface area contributed by atoms with Crippen molar-refractivity contribution in [1.29, 1.82) is 0 Å². The van der Waals surface area contributed by atoms with Crippen LogP contribution in [0.2, 0.25) is 5.02 Å². The zero-order chi connectivity index (χ0) is 10.7. The summed E-state index contributed by atoms with van der Waals surface area (Å²) in [5, 5.41) is 0.632. The summed E-state index contributed by atoms with van der Waals surface area (Å²) in [7, 11) is 0. The molecule has 1 saturated carbocycles. The second-order valence-electron chi connectivity index (χ2n) is 3.97. The summed E-state index contributed by atoms with van der Waals surface area (Å²) in [6.07, 6.45) is 5.98. The first kappa shape index (κ1) is 10.7. The number of nitrogens with zero attached hydrogens (tertiary/aromatic N) is 1. The van der Waals surface area contributed by atoms with E-state index in [1.807, 2.05) is 0 Å². The maximum Gasteiger partial charge on any atom is 0.213 e. The summed E-state index contributed by atoms with van der Waals surface area (Å²) >= 11 is 5.74. The van der Waals surface area contributed by atoms with E-state index >= 15 is 0 Å². The molecule has 82 valence electrons. The first-order valence-electron chi connectivity index (χ1n) is 5.28. The highest BCUT2D eigenvalue weighted by Crippen LogP contribution is 2.22. The van der Waals surface area contributed by atoms with Crippen molar-refractivity contribution in [2.24, 2.45) is 5.73 Å². The SMILES string of the molecule is N[C@H]1CC[C@H](Oc2ccc(Cl)cn2)CC1. The summed E-state index contributed by atoms with van der Waals surface area (Å²) in [4.78, 5) is 4.11. The molecule has 0 saturated heterocycles. The minimum Gasteiger partial charge on any atom is -0.474 e. The Kier molecular flexibility index (Phi) is 3.44. The number of nitrogens with two attached hydrogens (primary N) is 1. The molecular formula is C11H15ClN2O. The fourth-order valence-corrected chi connectivity index (χ4v) is 1.92. The highest BCUT2D eigenvalue weighted by atomic mass is 35.5. The van der Waals surface area contributed by atoms with E-state index < -0.39 is 0 Å². The predicted molar refractivity (Wildman–Crippen MR) is 60.1 cm³/mol. The lowest BCUT2D eigenvalue weighted by atomic mass is 9.94. The number of pyridine rings is 1. The Morgan fingerprint density at radius 2 is 2.00 bits per heavy atom. The van der Waals surface area contributed by atoms with E-state index in [2.05, 4.69) is 4.98 Å². The summed E-state index contributed by atoms with van der Waals surface area (Å²) in [6.45, 7) is 0. The molecule has 3 nitrogen and oxygen atoms in total. The van der Waals surface area contributed by atoms with Crippen molar-refractivity contribution in [3.8, 4) is 5.88 Å². The van der Waals surface area contributed by atoms with Crippen molar-refractivity contribution < 1.29 is 4.74 Å². The molecule has 2 rings (SSSR count). The Hall–Kier alpha value is -0.800. The lowest BCUT2D eigenvalue weighted by Gasteiger charge is -2.26. The van der Waals surface area contributed by atoms with Gasteiger partial charge in [0.2, 0.25) is 5.88 Å². The van der Waals surface area contributed by atoms with Gasteiger partial charge in [0.05, 0.1) is 5.02 Å². The molecule has 1 heterocycles. The zero-order valence-electron chi connectivity index (χ0n) is 8.53. The standard InChI is InChI=1S/C11H15ClN2O/c12-8-1-6-11(14-7-8)15-10-4-2-9(13)3-5-10/h1,6-7,9-10H,2-5,13H2/t9-,10-. The molecule has 4 heteroatoms.